The fourth-order valence-electron chi connectivity index (χ4n) is 18.9. The van der Waals surface area contributed by atoms with E-state index < -0.39 is 202 Å². The highest BCUT2D eigenvalue weighted by atomic mass is 16.8. The first-order valence-corrected chi connectivity index (χ1v) is 30.7. The van der Waals surface area contributed by atoms with Gasteiger partial charge in [0.1, 0.15) is 110 Å². The Morgan fingerprint density at radius 3 is 1.61 bits per heavy atom. The van der Waals surface area contributed by atoms with Gasteiger partial charge in [-0.05, 0) is 98.2 Å². The Morgan fingerprint density at radius 1 is 0.435 bits per heavy atom. The molecule has 1 spiro atoms. The molecule has 27 heteroatoms. The number of fused-ring (bicyclic) bond motifs is 4. The SMILES string of the molecule is CC1(C)CC[C@]23CO[C@@]4(CCC5[C@@]6(C)CC[C@H](O[C@@H]7OC[C@H](O[C@@H]8O[C@H](CO)[C@@H](O)[C@H](O)[C@H]8O)[C@H](O)[C@H]7O[C@@H]7O[C@H](CO)[C@@H](O[C@@H]8O[C@H](CO)[C@@H](O)[C@H](O)[C@H]8O)[C@H](O)[C@H]7O)[C@@](C)(CO)C6CC[C@@]5(C)[C@]4(C)C[C@H]2OC2OCC(O)C(O)C2O)C3C1. The summed E-state index contributed by atoms with van der Waals surface area (Å²) in [6.45, 7) is 10.7. The highest BCUT2D eigenvalue weighted by molar-refractivity contribution is 5.29. The van der Waals surface area contributed by atoms with Crippen LogP contribution >= 0.6 is 0 Å². The zero-order chi connectivity index (χ0) is 61.5. The molecule has 11 rings (SSSR count). The predicted molar refractivity (Wildman–Crippen MR) is 284 cm³/mol. The third-order valence-corrected chi connectivity index (χ3v) is 24.1. The topological polar surface area (TPSA) is 425 Å². The molecule has 5 aliphatic carbocycles. The summed E-state index contributed by atoms with van der Waals surface area (Å²) in [4.78, 5) is 0. The Kier molecular flexibility index (Phi) is 18.3. The summed E-state index contributed by atoms with van der Waals surface area (Å²) in [5.41, 5.74) is -3.06. The molecule has 2 bridgehead atoms. The molecule has 0 amide bonds. The van der Waals surface area contributed by atoms with Crippen LogP contribution in [0.1, 0.15) is 106 Å². The Hall–Kier alpha value is -1.08. The first-order valence-electron chi connectivity index (χ1n) is 30.7. The van der Waals surface area contributed by atoms with Crippen molar-refractivity contribution in [3.05, 3.63) is 0 Å². The molecule has 5 saturated carbocycles. The van der Waals surface area contributed by atoms with Crippen LogP contribution in [0.3, 0.4) is 0 Å². The van der Waals surface area contributed by atoms with Crippen molar-refractivity contribution in [1.29, 1.82) is 0 Å². The fraction of sp³-hybridized carbons (Fsp3) is 1.00. The molecule has 0 aromatic carbocycles. The highest BCUT2D eigenvalue weighted by Crippen LogP contribution is 2.81. The minimum atomic E-state index is -2.07. The summed E-state index contributed by atoms with van der Waals surface area (Å²) in [6.07, 6.45) is -32.4. The van der Waals surface area contributed by atoms with E-state index in [4.69, 9.17) is 52.1 Å². The van der Waals surface area contributed by atoms with Crippen molar-refractivity contribution in [2.45, 2.75) is 265 Å². The van der Waals surface area contributed by atoms with Gasteiger partial charge >= 0.3 is 0 Å². The fourth-order valence-corrected chi connectivity index (χ4v) is 18.9. The maximum Gasteiger partial charge on any atom is 0.187 e. The van der Waals surface area contributed by atoms with Crippen LogP contribution in [0.25, 0.3) is 0 Å². The van der Waals surface area contributed by atoms with Gasteiger partial charge in [0.2, 0.25) is 0 Å². The molecule has 34 atom stereocenters. The van der Waals surface area contributed by atoms with Gasteiger partial charge in [-0.15, -0.1) is 0 Å². The van der Waals surface area contributed by atoms with E-state index in [0.717, 1.165) is 38.5 Å². The molecule has 0 aromatic rings. The van der Waals surface area contributed by atoms with Gasteiger partial charge in [-0.25, -0.2) is 0 Å². The number of hydrogen-bond donors (Lipinski definition) is 16. The third kappa shape index (κ3) is 10.3. The number of aliphatic hydroxyl groups is 16. The van der Waals surface area contributed by atoms with Crippen molar-refractivity contribution in [3.63, 3.8) is 0 Å². The predicted octanol–water partition coefficient (Wildman–Crippen LogP) is -4.28. The van der Waals surface area contributed by atoms with Gasteiger partial charge in [0.05, 0.1) is 64.1 Å². The average molecular weight is 1230 g/mol. The molecule has 7 unspecified atom stereocenters. The number of aliphatic hydroxyl groups excluding tert-OH is 16. The second-order valence-corrected chi connectivity index (χ2v) is 28.8. The molecule has 0 radical (unpaired) electrons. The van der Waals surface area contributed by atoms with Crippen LogP contribution in [0.15, 0.2) is 0 Å². The quantitative estimate of drug-likeness (QED) is 0.0732. The van der Waals surface area contributed by atoms with Gasteiger partial charge < -0.3 is 134 Å². The minimum absolute atomic E-state index is 0.0203. The van der Waals surface area contributed by atoms with Gasteiger partial charge in [0, 0.05) is 16.2 Å². The molecule has 490 valence electrons. The number of rotatable bonds is 14. The van der Waals surface area contributed by atoms with E-state index in [2.05, 4.69) is 34.6 Å². The molecule has 16 N–H and O–H groups in total. The van der Waals surface area contributed by atoms with Crippen LogP contribution in [0.5, 0.6) is 0 Å². The molecule has 0 aromatic heterocycles. The van der Waals surface area contributed by atoms with Crippen LogP contribution in [0.4, 0.5) is 0 Å². The van der Waals surface area contributed by atoms with Crippen LogP contribution in [0, 0.1) is 50.2 Å². The van der Waals surface area contributed by atoms with Crippen LogP contribution in [-0.4, -0.2) is 287 Å². The molecule has 11 aliphatic rings. The van der Waals surface area contributed by atoms with Gasteiger partial charge in [-0.1, -0.05) is 41.5 Å². The van der Waals surface area contributed by atoms with Gasteiger partial charge in [0.25, 0.3) is 0 Å². The molecule has 6 saturated heterocycles. The van der Waals surface area contributed by atoms with E-state index in [1.54, 1.807) is 0 Å². The zero-order valence-corrected chi connectivity index (χ0v) is 49.3. The highest BCUT2D eigenvalue weighted by Gasteiger charge is 2.81. The summed E-state index contributed by atoms with van der Waals surface area (Å²) in [7, 11) is 0. The first kappa shape index (κ1) is 65.4. The first-order chi connectivity index (χ1) is 40.0. The van der Waals surface area contributed by atoms with E-state index in [1.165, 1.54) is 0 Å². The Bertz CT molecular complexity index is 2300. The van der Waals surface area contributed by atoms with Crippen molar-refractivity contribution in [2.75, 3.05) is 46.2 Å². The van der Waals surface area contributed by atoms with Crippen LogP contribution < -0.4 is 0 Å². The molecule has 11 fully saturated rings. The Balaban J connectivity index is 0.859. The summed E-state index contributed by atoms with van der Waals surface area (Å²) < 4.78 is 68.9. The lowest BCUT2D eigenvalue weighted by atomic mass is 9.30. The lowest BCUT2D eigenvalue weighted by Gasteiger charge is -2.75. The number of ether oxygens (including phenoxy) is 11. The van der Waals surface area contributed by atoms with Crippen molar-refractivity contribution in [2.24, 2.45) is 50.2 Å². The smallest absolute Gasteiger partial charge is 0.187 e. The van der Waals surface area contributed by atoms with Crippen LogP contribution in [0.2, 0.25) is 0 Å². The maximum absolute atomic E-state index is 12.4. The van der Waals surface area contributed by atoms with Crippen LogP contribution in [-0.2, 0) is 52.1 Å². The zero-order valence-electron chi connectivity index (χ0n) is 49.3. The second-order valence-electron chi connectivity index (χ2n) is 28.8. The van der Waals surface area contributed by atoms with E-state index >= 15 is 0 Å². The summed E-state index contributed by atoms with van der Waals surface area (Å²) in [5.74, 6) is 0.0502. The Morgan fingerprint density at radius 2 is 0.988 bits per heavy atom. The minimum Gasteiger partial charge on any atom is -0.396 e. The molecular formula is C58H96O27. The van der Waals surface area contributed by atoms with Gasteiger partial charge in [-0.2, -0.15) is 0 Å². The molecular weight excluding hydrogens is 1130 g/mol. The monoisotopic (exact) mass is 1220 g/mol. The van der Waals surface area contributed by atoms with E-state index in [0.29, 0.717) is 32.3 Å². The van der Waals surface area contributed by atoms with Gasteiger partial charge in [-0.3, -0.25) is 0 Å². The van der Waals surface area contributed by atoms with E-state index in [-0.39, 0.29) is 47.2 Å². The van der Waals surface area contributed by atoms with E-state index in [1.807, 2.05) is 6.92 Å². The largest absolute Gasteiger partial charge is 0.396 e. The lowest BCUT2D eigenvalue weighted by molar-refractivity contribution is -0.393. The number of hydrogen-bond acceptors (Lipinski definition) is 27. The summed E-state index contributed by atoms with van der Waals surface area (Å²) in [6, 6.07) is 0. The maximum atomic E-state index is 12.4. The van der Waals surface area contributed by atoms with Gasteiger partial charge in [0.15, 0.2) is 31.5 Å². The Labute approximate surface area is 493 Å². The summed E-state index contributed by atoms with van der Waals surface area (Å²) in [5, 5.41) is 174. The standard InChI is InChI=1S/C58H96O27/c1-52(2)13-14-57-23-77-58(31(57)15-52)12-8-30-53(3)10-9-32(54(4,22-62)29(53)7-11-55(30,5)56(58,6)16-33(57)83-47-41(71)34(64)24(63)20-75-47)82-51-46(37(67)28(21-76-51)81-48-42(72)38(68)35(65)25(17-59)78-48)85-50-44(74)40(70)45(27(19-61)80-50)84-49-43(73)39(69)36(66)26(18-60)79-49/h24-51,59-74H,7-23H2,1-6H3/t24?,25-,26-,27-,28+,29?,30?,31?,32+,33-,34?,35-,36-,37+,38+,39+,40-,41?,42-,43-,44-,45-,46-,47?,48+,49+,50+,51+,53+,54+,55-,56+,57-,58+/m1/s1. The van der Waals surface area contributed by atoms with Crippen molar-refractivity contribution >= 4 is 0 Å². The van der Waals surface area contributed by atoms with Crippen molar-refractivity contribution < 1.29 is 134 Å². The summed E-state index contributed by atoms with van der Waals surface area (Å²) >= 11 is 0. The normalized spacial score (nSPS) is 57.7. The van der Waals surface area contributed by atoms with Crippen molar-refractivity contribution in [3.8, 4) is 0 Å². The molecule has 6 heterocycles. The third-order valence-electron chi connectivity index (χ3n) is 24.1. The lowest BCUT2D eigenvalue weighted by Crippen LogP contribution is -2.74. The molecule has 27 nitrogen and oxygen atoms in total. The van der Waals surface area contributed by atoms with Crippen molar-refractivity contribution in [1.82, 2.24) is 0 Å². The molecule has 6 aliphatic heterocycles. The second kappa shape index (κ2) is 23.8. The average Bonchev–Trinajstić information content (AvgIpc) is 1.63. The molecule has 85 heavy (non-hydrogen) atoms. The van der Waals surface area contributed by atoms with E-state index in [9.17, 15) is 81.7 Å².